The van der Waals surface area contributed by atoms with Gasteiger partial charge in [-0.25, -0.2) is 0 Å². The van der Waals surface area contributed by atoms with E-state index in [1.165, 1.54) is 14.8 Å². The molecule has 0 radical (unpaired) electrons. The normalized spacial score (nSPS) is 14.4. The number of ether oxygens (including phenoxy) is 1. The Morgan fingerprint density at radius 3 is 2.70 bits per heavy atom. The second kappa shape index (κ2) is 9.52. The number of nitrogens with zero attached hydrogens (tertiary/aromatic N) is 2. The molecule has 1 aliphatic rings. The molecule has 1 N–H and O–H groups in total. The fourth-order valence-electron chi connectivity index (χ4n) is 3.31. The molecule has 0 aliphatic carbocycles. The van der Waals surface area contributed by atoms with Crippen LogP contribution in [-0.4, -0.2) is 50.7 Å². The third-order valence-corrected chi connectivity index (χ3v) is 5.33. The third-order valence-electron chi connectivity index (χ3n) is 4.66. The maximum absolute atomic E-state index is 12.5. The average Bonchev–Trinajstić information content (AvgIpc) is 2.65. The number of rotatable bonds is 6. The number of amides is 1. The Morgan fingerprint density at radius 1 is 1.22 bits per heavy atom. The minimum Gasteiger partial charge on any atom is -0.378 e. The van der Waals surface area contributed by atoms with Gasteiger partial charge in [-0.1, -0.05) is 18.2 Å². The van der Waals surface area contributed by atoms with Gasteiger partial charge in [-0.05, 0) is 72.0 Å². The smallest absolute Gasteiger partial charge is 0.238 e. The highest BCUT2D eigenvalue weighted by Crippen LogP contribution is 2.23. The van der Waals surface area contributed by atoms with Crippen molar-refractivity contribution in [2.75, 3.05) is 50.1 Å². The zero-order valence-corrected chi connectivity index (χ0v) is 18.0. The molecule has 1 saturated heterocycles. The zero-order chi connectivity index (χ0) is 19.2. The third kappa shape index (κ3) is 5.67. The largest absolute Gasteiger partial charge is 0.378 e. The van der Waals surface area contributed by atoms with Crippen molar-refractivity contribution in [1.82, 2.24) is 4.90 Å². The van der Waals surface area contributed by atoms with Crippen molar-refractivity contribution in [2.24, 2.45) is 0 Å². The summed E-state index contributed by atoms with van der Waals surface area (Å²) >= 11 is 2.28. The molecule has 1 heterocycles. The summed E-state index contributed by atoms with van der Waals surface area (Å²) in [4.78, 5) is 16.9. The van der Waals surface area contributed by atoms with E-state index in [-0.39, 0.29) is 5.91 Å². The van der Waals surface area contributed by atoms with Gasteiger partial charge in [0, 0.05) is 34.6 Å². The molecule has 27 heavy (non-hydrogen) atoms. The predicted octanol–water partition coefficient (Wildman–Crippen LogP) is 3.51. The number of para-hydroxylation sites is 1. The van der Waals surface area contributed by atoms with Crippen molar-refractivity contribution in [3.05, 3.63) is 57.2 Å². The number of nitrogens with one attached hydrogen (secondary N) is 1. The van der Waals surface area contributed by atoms with Crippen LogP contribution < -0.4 is 10.2 Å². The number of halogens is 1. The van der Waals surface area contributed by atoms with Crippen molar-refractivity contribution in [2.45, 2.75) is 13.5 Å². The molecular formula is C21H26IN3O2. The van der Waals surface area contributed by atoms with Crippen LogP contribution in [0.25, 0.3) is 0 Å². The molecule has 2 aromatic carbocycles. The summed E-state index contributed by atoms with van der Waals surface area (Å²) in [5, 5.41) is 3.02. The maximum atomic E-state index is 12.5. The number of hydrogen-bond acceptors (Lipinski definition) is 4. The molecule has 1 aliphatic heterocycles. The van der Waals surface area contributed by atoms with E-state index in [0.29, 0.717) is 6.54 Å². The summed E-state index contributed by atoms with van der Waals surface area (Å²) < 4.78 is 6.63. The van der Waals surface area contributed by atoms with Gasteiger partial charge in [0.1, 0.15) is 0 Å². The highest BCUT2D eigenvalue weighted by atomic mass is 127. The Kier molecular flexibility index (Phi) is 7.09. The van der Waals surface area contributed by atoms with Crippen molar-refractivity contribution in [3.8, 4) is 0 Å². The lowest BCUT2D eigenvalue weighted by Crippen LogP contribution is -2.37. The zero-order valence-electron chi connectivity index (χ0n) is 15.9. The second-order valence-electron chi connectivity index (χ2n) is 6.91. The van der Waals surface area contributed by atoms with Crippen LogP contribution in [0.5, 0.6) is 0 Å². The van der Waals surface area contributed by atoms with E-state index in [1.807, 2.05) is 26.1 Å². The van der Waals surface area contributed by atoms with Gasteiger partial charge in [0.15, 0.2) is 0 Å². The van der Waals surface area contributed by atoms with Gasteiger partial charge in [0.05, 0.1) is 19.8 Å². The monoisotopic (exact) mass is 479 g/mol. The topological polar surface area (TPSA) is 44.8 Å². The van der Waals surface area contributed by atoms with Crippen molar-refractivity contribution < 1.29 is 9.53 Å². The summed E-state index contributed by atoms with van der Waals surface area (Å²) in [5.41, 5.74) is 4.43. The molecule has 5 nitrogen and oxygen atoms in total. The minimum atomic E-state index is 0.00524. The fourth-order valence-corrected chi connectivity index (χ4v) is 3.95. The molecule has 144 valence electrons. The van der Waals surface area contributed by atoms with Crippen LogP contribution in [0.2, 0.25) is 0 Å². The van der Waals surface area contributed by atoms with E-state index in [4.69, 9.17) is 4.74 Å². The average molecular weight is 479 g/mol. The molecular weight excluding hydrogens is 453 g/mol. The molecule has 3 rings (SSSR count). The van der Waals surface area contributed by atoms with Crippen molar-refractivity contribution in [1.29, 1.82) is 0 Å². The SMILES string of the molecule is Cc1cc(I)ccc1NC(=O)CN(C)Cc1ccccc1N1CCOCC1. The number of likely N-dealkylation sites (N-methyl/N-ethyl adjacent to an activating group) is 1. The first-order valence-electron chi connectivity index (χ1n) is 9.18. The highest BCUT2D eigenvalue weighted by molar-refractivity contribution is 14.1. The molecule has 0 saturated carbocycles. The van der Waals surface area contributed by atoms with E-state index < -0.39 is 0 Å². The van der Waals surface area contributed by atoms with Gasteiger partial charge in [-0.3, -0.25) is 9.69 Å². The van der Waals surface area contributed by atoms with Crippen LogP contribution in [-0.2, 0) is 16.1 Å². The molecule has 0 bridgehead atoms. The standard InChI is InChI=1S/C21H26IN3O2/c1-16-13-18(22)7-8-19(16)23-21(26)15-24(2)14-17-5-3-4-6-20(17)25-9-11-27-12-10-25/h3-8,13H,9-12,14-15H2,1-2H3,(H,23,26). The van der Waals surface area contributed by atoms with Gasteiger partial charge in [0.2, 0.25) is 5.91 Å². The molecule has 1 fully saturated rings. The quantitative estimate of drug-likeness (QED) is 0.645. The Morgan fingerprint density at radius 2 is 1.96 bits per heavy atom. The lowest BCUT2D eigenvalue weighted by atomic mass is 10.1. The Bertz CT molecular complexity index is 791. The van der Waals surface area contributed by atoms with Gasteiger partial charge in [-0.2, -0.15) is 0 Å². The number of morpholine rings is 1. The van der Waals surface area contributed by atoms with Gasteiger partial charge in [-0.15, -0.1) is 0 Å². The predicted molar refractivity (Wildman–Crippen MR) is 118 cm³/mol. The first-order chi connectivity index (χ1) is 13.0. The lowest BCUT2D eigenvalue weighted by Gasteiger charge is -2.31. The summed E-state index contributed by atoms with van der Waals surface area (Å²) in [5.74, 6) is 0.00524. The molecule has 2 aromatic rings. The van der Waals surface area contributed by atoms with Crippen molar-refractivity contribution in [3.63, 3.8) is 0 Å². The molecule has 0 spiro atoms. The first-order valence-corrected chi connectivity index (χ1v) is 10.3. The minimum absolute atomic E-state index is 0.00524. The Balaban J connectivity index is 1.60. The molecule has 1 amide bonds. The summed E-state index contributed by atoms with van der Waals surface area (Å²) in [6, 6.07) is 14.5. The first kappa shape index (κ1) is 20.1. The number of carbonyl (C=O) groups excluding carboxylic acids is 1. The Labute approximate surface area is 174 Å². The van der Waals surface area contributed by atoms with E-state index in [2.05, 4.69) is 68.0 Å². The van der Waals surface area contributed by atoms with E-state index in [9.17, 15) is 4.79 Å². The second-order valence-corrected chi connectivity index (χ2v) is 8.15. The molecule has 0 aromatic heterocycles. The number of carbonyl (C=O) groups is 1. The number of aryl methyl sites for hydroxylation is 1. The maximum Gasteiger partial charge on any atom is 0.238 e. The number of anilines is 2. The molecule has 0 atom stereocenters. The van der Waals surface area contributed by atoms with Gasteiger partial charge < -0.3 is 15.0 Å². The van der Waals surface area contributed by atoms with Gasteiger partial charge in [0.25, 0.3) is 0 Å². The van der Waals surface area contributed by atoms with Gasteiger partial charge >= 0.3 is 0 Å². The van der Waals surface area contributed by atoms with Crippen LogP contribution in [0.4, 0.5) is 11.4 Å². The van der Waals surface area contributed by atoms with E-state index >= 15 is 0 Å². The number of benzene rings is 2. The van der Waals surface area contributed by atoms with E-state index in [1.54, 1.807) is 0 Å². The molecule has 0 unspecified atom stereocenters. The summed E-state index contributed by atoms with van der Waals surface area (Å²) in [6.45, 7) is 6.44. The van der Waals surface area contributed by atoms with E-state index in [0.717, 1.165) is 44.1 Å². The summed E-state index contributed by atoms with van der Waals surface area (Å²) in [6.07, 6.45) is 0. The Hall–Kier alpha value is -1.64. The highest BCUT2D eigenvalue weighted by Gasteiger charge is 2.16. The lowest BCUT2D eigenvalue weighted by molar-refractivity contribution is -0.117. The van der Waals surface area contributed by atoms with Crippen LogP contribution in [0.1, 0.15) is 11.1 Å². The van der Waals surface area contributed by atoms with Crippen LogP contribution >= 0.6 is 22.6 Å². The number of hydrogen-bond donors (Lipinski definition) is 1. The molecule has 6 heteroatoms. The van der Waals surface area contributed by atoms with Crippen LogP contribution in [0.15, 0.2) is 42.5 Å². The fraction of sp³-hybridized carbons (Fsp3) is 0.381. The summed E-state index contributed by atoms with van der Waals surface area (Å²) in [7, 11) is 1.98. The van der Waals surface area contributed by atoms with Crippen LogP contribution in [0, 0.1) is 10.5 Å². The van der Waals surface area contributed by atoms with Crippen molar-refractivity contribution >= 4 is 39.9 Å². The van der Waals surface area contributed by atoms with Crippen LogP contribution in [0.3, 0.4) is 0 Å².